The van der Waals surface area contributed by atoms with Crippen molar-refractivity contribution in [2.45, 2.75) is 52.9 Å². The van der Waals surface area contributed by atoms with E-state index >= 15 is 0 Å². The smallest absolute Gasteiger partial charge is 0.237 e. The summed E-state index contributed by atoms with van der Waals surface area (Å²) >= 11 is 0. The van der Waals surface area contributed by atoms with Crippen molar-refractivity contribution >= 4 is 17.4 Å². The molecule has 2 unspecified atom stereocenters. The number of hydrogen-bond acceptors (Lipinski definition) is 4. The number of amides is 1. The largest absolute Gasteiger partial charge is 0.411 e. The van der Waals surface area contributed by atoms with Gasteiger partial charge in [-0.05, 0) is 37.5 Å². The highest BCUT2D eigenvalue weighted by Gasteiger charge is 2.77. The van der Waals surface area contributed by atoms with E-state index in [2.05, 4.69) is 5.16 Å². The number of Topliss-reactive ketones (excluding diaryl/α,β-unsaturated/α-hetero) is 1. The van der Waals surface area contributed by atoms with Crippen LogP contribution in [0.5, 0.6) is 0 Å². The van der Waals surface area contributed by atoms with E-state index in [1.54, 1.807) is 0 Å². The Morgan fingerprint density at radius 3 is 2.29 bits per heavy atom. The van der Waals surface area contributed by atoms with Crippen molar-refractivity contribution in [1.82, 2.24) is 4.90 Å². The lowest BCUT2D eigenvalue weighted by molar-refractivity contribution is -0.153. The molecule has 2 aliphatic carbocycles. The Morgan fingerprint density at radius 1 is 1.14 bits per heavy atom. The Hall–Kier alpha value is -1.39. The highest BCUT2D eigenvalue weighted by molar-refractivity contribution is 6.50. The molecule has 21 heavy (non-hydrogen) atoms. The first-order valence-corrected chi connectivity index (χ1v) is 7.90. The summed E-state index contributed by atoms with van der Waals surface area (Å²) < 4.78 is 0. The van der Waals surface area contributed by atoms with E-state index in [0.29, 0.717) is 6.42 Å². The third-order valence-corrected chi connectivity index (χ3v) is 6.68. The fourth-order valence-corrected chi connectivity index (χ4v) is 4.79. The van der Waals surface area contributed by atoms with Crippen LogP contribution < -0.4 is 0 Å². The van der Waals surface area contributed by atoms with Crippen LogP contribution in [0.15, 0.2) is 5.16 Å². The second-order valence-corrected chi connectivity index (χ2v) is 7.49. The van der Waals surface area contributed by atoms with Gasteiger partial charge >= 0.3 is 0 Å². The third kappa shape index (κ3) is 1.44. The molecule has 116 valence electrons. The lowest BCUT2D eigenvalue weighted by Gasteiger charge is -2.41. The van der Waals surface area contributed by atoms with Crippen molar-refractivity contribution in [3.05, 3.63) is 0 Å². The van der Waals surface area contributed by atoms with E-state index in [0.717, 1.165) is 38.8 Å². The van der Waals surface area contributed by atoms with Gasteiger partial charge in [0, 0.05) is 18.5 Å². The fraction of sp³-hybridized carbons (Fsp3) is 0.812. The molecular weight excluding hydrogens is 268 g/mol. The van der Waals surface area contributed by atoms with Crippen molar-refractivity contribution in [1.29, 1.82) is 0 Å². The van der Waals surface area contributed by atoms with Crippen molar-refractivity contribution in [2.24, 2.45) is 21.4 Å². The second kappa shape index (κ2) is 4.31. The Labute approximate surface area is 125 Å². The topological polar surface area (TPSA) is 70.0 Å². The molecule has 3 aliphatic rings. The van der Waals surface area contributed by atoms with E-state index in [9.17, 15) is 14.8 Å². The van der Waals surface area contributed by atoms with Crippen LogP contribution in [-0.4, -0.2) is 40.6 Å². The van der Waals surface area contributed by atoms with Gasteiger partial charge in [0.05, 0.1) is 0 Å². The normalized spacial score (nSPS) is 40.0. The number of likely N-dealkylation sites (tertiary alicyclic amines) is 1. The maximum atomic E-state index is 13.2. The van der Waals surface area contributed by atoms with Crippen LogP contribution in [-0.2, 0) is 9.59 Å². The number of rotatable bonds is 1. The van der Waals surface area contributed by atoms with Crippen LogP contribution in [0, 0.1) is 16.2 Å². The Kier molecular flexibility index (Phi) is 2.98. The maximum absolute atomic E-state index is 13.2. The lowest BCUT2D eigenvalue weighted by atomic mass is 9.64. The molecule has 0 radical (unpaired) electrons. The summed E-state index contributed by atoms with van der Waals surface area (Å²) in [6, 6.07) is 0. The Bertz CT molecular complexity index is 534. The summed E-state index contributed by atoms with van der Waals surface area (Å²) in [6.07, 6.45) is 4.47. The summed E-state index contributed by atoms with van der Waals surface area (Å²) in [5.74, 6) is -0.293. The average Bonchev–Trinajstić information content (AvgIpc) is 2.75. The van der Waals surface area contributed by atoms with Gasteiger partial charge in [-0.2, -0.15) is 0 Å². The molecule has 1 saturated heterocycles. The molecule has 0 aromatic carbocycles. The van der Waals surface area contributed by atoms with Crippen LogP contribution in [0.3, 0.4) is 0 Å². The van der Waals surface area contributed by atoms with E-state index in [1.807, 2.05) is 25.7 Å². The minimum Gasteiger partial charge on any atom is -0.411 e. The van der Waals surface area contributed by atoms with Gasteiger partial charge in [0.1, 0.15) is 11.1 Å². The predicted octanol–water partition coefficient (Wildman–Crippen LogP) is 2.22. The minimum atomic E-state index is -1.03. The fourth-order valence-electron chi connectivity index (χ4n) is 4.79. The van der Waals surface area contributed by atoms with Crippen molar-refractivity contribution in [3.8, 4) is 0 Å². The van der Waals surface area contributed by atoms with Crippen molar-refractivity contribution in [3.63, 3.8) is 0 Å². The summed E-state index contributed by atoms with van der Waals surface area (Å²) in [6.45, 7) is 7.41. The third-order valence-electron chi connectivity index (χ3n) is 6.68. The number of nitrogens with zero attached hydrogens (tertiary/aromatic N) is 2. The molecule has 2 bridgehead atoms. The number of carbonyl (C=O) groups is 2. The molecule has 0 aromatic heterocycles. The lowest BCUT2D eigenvalue weighted by Crippen LogP contribution is -2.53. The average molecular weight is 292 g/mol. The van der Waals surface area contributed by atoms with E-state index in [-0.39, 0.29) is 17.4 Å². The first-order valence-electron chi connectivity index (χ1n) is 7.90. The van der Waals surface area contributed by atoms with Gasteiger partial charge < -0.3 is 10.1 Å². The van der Waals surface area contributed by atoms with E-state index < -0.39 is 16.2 Å². The van der Waals surface area contributed by atoms with Crippen LogP contribution in [0.2, 0.25) is 0 Å². The number of oxime groups is 1. The monoisotopic (exact) mass is 292 g/mol. The SMILES string of the molecule is CC12CCC(C(=O)N3CCCCC3)(C(=O)C1=NO)C2(C)C. The van der Waals surface area contributed by atoms with E-state index in [4.69, 9.17) is 0 Å². The molecule has 1 aliphatic heterocycles. The highest BCUT2D eigenvalue weighted by Crippen LogP contribution is 2.69. The molecule has 1 heterocycles. The molecule has 2 saturated carbocycles. The number of ketones is 1. The molecule has 1 N–H and O–H groups in total. The van der Waals surface area contributed by atoms with Gasteiger partial charge in [-0.25, -0.2) is 0 Å². The standard InChI is InChI=1S/C16H24N2O3/c1-14(2)15(3)7-8-16(14,12(19)11(15)17-21)13(20)18-9-5-4-6-10-18/h21H,4-10H2,1-3H3. The summed E-state index contributed by atoms with van der Waals surface area (Å²) in [4.78, 5) is 27.9. The van der Waals surface area contributed by atoms with Gasteiger partial charge in [-0.1, -0.05) is 25.9 Å². The zero-order chi connectivity index (χ0) is 15.5. The number of carbonyl (C=O) groups excluding carboxylic acids is 2. The highest BCUT2D eigenvalue weighted by atomic mass is 16.4. The maximum Gasteiger partial charge on any atom is 0.237 e. The molecular formula is C16H24N2O3. The number of piperidine rings is 1. The first-order chi connectivity index (χ1) is 9.83. The minimum absolute atomic E-state index is 0.0421. The number of fused-ring (bicyclic) bond motifs is 2. The summed E-state index contributed by atoms with van der Waals surface area (Å²) in [5.41, 5.74) is -1.85. The summed E-state index contributed by atoms with van der Waals surface area (Å²) in [7, 11) is 0. The second-order valence-electron chi connectivity index (χ2n) is 7.49. The molecule has 1 amide bonds. The van der Waals surface area contributed by atoms with Gasteiger partial charge in [0.25, 0.3) is 0 Å². The molecule has 5 heteroatoms. The Morgan fingerprint density at radius 2 is 1.76 bits per heavy atom. The van der Waals surface area contributed by atoms with Gasteiger partial charge in [-0.15, -0.1) is 0 Å². The molecule has 3 fully saturated rings. The van der Waals surface area contributed by atoms with Crippen LogP contribution in [0.25, 0.3) is 0 Å². The molecule has 2 atom stereocenters. The first kappa shape index (κ1) is 14.5. The Balaban J connectivity index is 2.07. The zero-order valence-corrected chi connectivity index (χ0v) is 13.1. The van der Waals surface area contributed by atoms with Crippen molar-refractivity contribution in [2.75, 3.05) is 13.1 Å². The molecule has 5 nitrogen and oxygen atoms in total. The zero-order valence-electron chi connectivity index (χ0n) is 13.1. The molecule has 0 spiro atoms. The predicted molar refractivity (Wildman–Crippen MR) is 78.2 cm³/mol. The molecule has 0 aromatic rings. The summed E-state index contributed by atoms with van der Waals surface area (Å²) in [5, 5.41) is 12.6. The quantitative estimate of drug-likeness (QED) is 0.458. The van der Waals surface area contributed by atoms with Crippen molar-refractivity contribution < 1.29 is 14.8 Å². The van der Waals surface area contributed by atoms with E-state index in [1.165, 1.54) is 0 Å². The van der Waals surface area contributed by atoms with Gasteiger partial charge in [0.2, 0.25) is 5.91 Å². The number of hydrogen-bond donors (Lipinski definition) is 1. The van der Waals surface area contributed by atoms with Crippen LogP contribution in [0.4, 0.5) is 0 Å². The molecule has 3 rings (SSSR count). The van der Waals surface area contributed by atoms with Crippen LogP contribution in [0.1, 0.15) is 52.9 Å². The van der Waals surface area contributed by atoms with Gasteiger partial charge in [0.15, 0.2) is 5.78 Å². The van der Waals surface area contributed by atoms with Gasteiger partial charge in [-0.3, -0.25) is 9.59 Å². The van der Waals surface area contributed by atoms with Crippen LogP contribution >= 0.6 is 0 Å².